The number of piperazine rings is 1. The number of nitriles is 1. The monoisotopic (exact) mass is 443 g/mol. The van der Waals surface area contributed by atoms with Crippen molar-refractivity contribution in [3.8, 4) is 6.07 Å². The van der Waals surface area contributed by atoms with Gasteiger partial charge in [-0.1, -0.05) is 29.8 Å². The van der Waals surface area contributed by atoms with Crippen molar-refractivity contribution >= 4 is 21.6 Å². The van der Waals surface area contributed by atoms with Gasteiger partial charge in [0.15, 0.2) is 0 Å². The average Bonchev–Trinajstić information content (AvgIpc) is 2.68. The number of rotatable bonds is 4. The molecule has 1 fully saturated rings. The van der Waals surface area contributed by atoms with E-state index in [2.05, 4.69) is 6.07 Å². The summed E-state index contributed by atoms with van der Waals surface area (Å²) in [6.45, 7) is 1.58. The van der Waals surface area contributed by atoms with E-state index in [0.29, 0.717) is 31.3 Å². The largest absolute Gasteiger partial charge is 0.417 e. The molecule has 1 aliphatic rings. The zero-order valence-electron chi connectivity index (χ0n) is 15.2. The van der Waals surface area contributed by atoms with Gasteiger partial charge in [0.25, 0.3) is 0 Å². The number of nitrogens with zero attached hydrogens (tertiary/aromatic N) is 3. The fourth-order valence-corrected chi connectivity index (χ4v) is 4.84. The molecule has 0 saturated carbocycles. The van der Waals surface area contributed by atoms with Crippen LogP contribution in [0.1, 0.15) is 16.7 Å². The van der Waals surface area contributed by atoms with Crippen LogP contribution in [-0.4, -0.2) is 43.8 Å². The van der Waals surface area contributed by atoms with E-state index in [1.54, 1.807) is 12.1 Å². The van der Waals surface area contributed by atoms with Gasteiger partial charge in [0, 0.05) is 32.7 Å². The van der Waals surface area contributed by atoms with Crippen molar-refractivity contribution in [2.75, 3.05) is 26.2 Å². The van der Waals surface area contributed by atoms with Crippen LogP contribution in [0.3, 0.4) is 0 Å². The third-order valence-electron chi connectivity index (χ3n) is 4.74. The van der Waals surface area contributed by atoms with Crippen LogP contribution in [0.5, 0.6) is 0 Å². The molecule has 3 rings (SSSR count). The Kier molecular flexibility index (Phi) is 6.19. The van der Waals surface area contributed by atoms with Gasteiger partial charge < -0.3 is 0 Å². The number of alkyl halides is 3. The summed E-state index contributed by atoms with van der Waals surface area (Å²) in [7, 11) is -4.08. The molecule has 0 amide bonds. The molecule has 0 atom stereocenters. The molecule has 0 radical (unpaired) electrons. The number of benzene rings is 2. The summed E-state index contributed by atoms with van der Waals surface area (Å²) in [4.78, 5) is 1.57. The summed E-state index contributed by atoms with van der Waals surface area (Å²) in [5.74, 6) is 0. The second-order valence-electron chi connectivity index (χ2n) is 6.59. The zero-order chi connectivity index (χ0) is 21.2. The topological polar surface area (TPSA) is 64.4 Å². The highest BCUT2D eigenvalue weighted by molar-refractivity contribution is 7.89. The lowest BCUT2D eigenvalue weighted by Crippen LogP contribution is -2.48. The molecule has 2 aromatic carbocycles. The summed E-state index contributed by atoms with van der Waals surface area (Å²) in [6, 6.07) is 11.9. The molecule has 0 N–H and O–H groups in total. The first-order valence-corrected chi connectivity index (χ1v) is 10.5. The van der Waals surface area contributed by atoms with Crippen LogP contribution in [0.2, 0.25) is 5.02 Å². The zero-order valence-corrected chi connectivity index (χ0v) is 16.7. The van der Waals surface area contributed by atoms with Crippen LogP contribution in [0.4, 0.5) is 13.2 Å². The lowest BCUT2D eigenvalue weighted by molar-refractivity contribution is -0.137. The molecule has 5 nitrogen and oxygen atoms in total. The lowest BCUT2D eigenvalue weighted by Gasteiger charge is -2.34. The lowest BCUT2D eigenvalue weighted by atomic mass is 10.1. The highest BCUT2D eigenvalue weighted by Crippen LogP contribution is 2.36. The van der Waals surface area contributed by atoms with E-state index in [4.69, 9.17) is 11.6 Å². The van der Waals surface area contributed by atoms with Gasteiger partial charge in [-0.2, -0.15) is 22.7 Å². The Morgan fingerprint density at radius 3 is 2.34 bits per heavy atom. The van der Waals surface area contributed by atoms with Crippen molar-refractivity contribution in [2.24, 2.45) is 0 Å². The first kappa shape index (κ1) is 21.6. The Balaban J connectivity index is 1.73. The fraction of sp³-hybridized carbons (Fsp3) is 0.316. The van der Waals surface area contributed by atoms with Crippen LogP contribution in [-0.2, 0) is 22.7 Å². The first-order valence-electron chi connectivity index (χ1n) is 8.70. The van der Waals surface area contributed by atoms with E-state index >= 15 is 0 Å². The molecule has 0 unspecified atom stereocenters. The van der Waals surface area contributed by atoms with Crippen LogP contribution in [0.25, 0.3) is 0 Å². The molecule has 0 aliphatic carbocycles. The minimum Gasteiger partial charge on any atom is -0.296 e. The molecular formula is C19H17ClF3N3O2S. The van der Waals surface area contributed by atoms with Gasteiger partial charge in [-0.05, 0) is 29.8 Å². The number of hydrogen-bond donors (Lipinski definition) is 0. The van der Waals surface area contributed by atoms with Crippen molar-refractivity contribution in [3.05, 3.63) is 64.2 Å². The highest BCUT2D eigenvalue weighted by atomic mass is 35.5. The Hall–Kier alpha value is -2.12. The Bertz CT molecular complexity index is 1040. The molecule has 0 aromatic heterocycles. The van der Waals surface area contributed by atoms with Crippen molar-refractivity contribution in [1.82, 2.24) is 9.21 Å². The molecule has 1 heterocycles. The van der Waals surface area contributed by atoms with Crippen molar-refractivity contribution in [1.29, 1.82) is 5.26 Å². The van der Waals surface area contributed by atoms with Gasteiger partial charge in [0.1, 0.15) is 0 Å². The molecule has 29 heavy (non-hydrogen) atoms. The van der Waals surface area contributed by atoms with Crippen LogP contribution >= 0.6 is 11.6 Å². The van der Waals surface area contributed by atoms with E-state index in [9.17, 15) is 26.9 Å². The van der Waals surface area contributed by atoms with Gasteiger partial charge >= 0.3 is 6.18 Å². The summed E-state index contributed by atoms with van der Waals surface area (Å²) >= 11 is 5.58. The molecule has 2 aromatic rings. The standard InChI is InChI=1S/C19H17ClF3N3O2S/c20-18-6-5-16(11-17(18)19(21,22)23)29(27,28)26-9-7-25(8-10-26)13-15-4-2-1-3-14(15)12-24/h1-6,11H,7-10,13H2. The quantitative estimate of drug-likeness (QED) is 0.722. The molecule has 154 valence electrons. The van der Waals surface area contributed by atoms with Gasteiger partial charge in [0.05, 0.1) is 27.1 Å². The van der Waals surface area contributed by atoms with Gasteiger partial charge in [-0.3, -0.25) is 4.90 Å². The van der Waals surface area contributed by atoms with E-state index in [-0.39, 0.29) is 13.1 Å². The van der Waals surface area contributed by atoms with Crippen molar-refractivity contribution in [3.63, 3.8) is 0 Å². The summed E-state index contributed by atoms with van der Waals surface area (Å²) in [5.41, 5.74) is 0.231. The average molecular weight is 444 g/mol. The van der Waals surface area contributed by atoms with E-state index < -0.39 is 31.7 Å². The van der Waals surface area contributed by atoms with Crippen LogP contribution < -0.4 is 0 Å². The predicted molar refractivity (Wildman–Crippen MR) is 102 cm³/mol. The summed E-state index contributed by atoms with van der Waals surface area (Å²) in [6.07, 6.45) is -4.74. The van der Waals surface area contributed by atoms with Crippen molar-refractivity contribution in [2.45, 2.75) is 17.6 Å². The van der Waals surface area contributed by atoms with E-state index in [1.807, 2.05) is 17.0 Å². The number of hydrogen-bond acceptors (Lipinski definition) is 4. The van der Waals surface area contributed by atoms with Crippen LogP contribution in [0, 0.1) is 11.3 Å². The normalized spacial score (nSPS) is 16.5. The molecule has 1 aliphatic heterocycles. The predicted octanol–water partition coefficient (Wildman–Crippen LogP) is 3.74. The molecule has 10 heteroatoms. The van der Waals surface area contributed by atoms with Gasteiger partial charge in [0.2, 0.25) is 10.0 Å². The number of sulfonamides is 1. The van der Waals surface area contributed by atoms with Crippen LogP contribution in [0.15, 0.2) is 47.4 Å². The molecule has 0 bridgehead atoms. The first-order chi connectivity index (χ1) is 13.6. The van der Waals surface area contributed by atoms with Gasteiger partial charge in [-0.25, -0.2) is 8.42 Å². The number of halogens is 4. The maximum atomic E-state index is 13.1. The summed E-state index contributed by atoms with van der Waals surface area (Å²) < 4.78 is 65.9. The molecule has 1 saturated heterocycles. The highest BCUT2D eigenvalue weighted by Gasteiger charge is 2.36. The SMILES string of the molecule is N#Cc1ccccc1CN1CCN(S(=O)(=O)c2ccc(Cl)c(C(F)(F)F)c2)CC1. The van der Waals surface area contributed by atoms with Crippen molar-refractivity contribution < 1.29 is 21.6 Å². The van der Waals surface area contributed by atoms with E-state index in [0.717, 1.165) is 17.7 Å². The maximum absolute atomic E-state index is 13.1. The molecular weight excluding hydrogens is 427 g/mol. The summed E-state index contributed by atoms with van der Waals surface area (Å²) in [5, 5.41) is 8.63. The third-order valence-corrected chi connectivity index (χ3v) is 6.97. The fourth-order valence-electron chi connectivity index (χ4n) is 3.17. The third kappa shape index (κ3) is 4.73. The Morgan fingerprint density at radius 1 is 1.07 bits per heavy atom. The van der Waals surface area contributed by atoms with E-state index in [1.165, 1.54) is 4.31 Å². The minimum absolute atomic E-state index is 0.140. The smallest absolute Gasteiger partial charge is 0.296 e. The minimum atomic E-state index is -4.74. The van der Waals surface area contributed by atoms with Gasteiger partial charge in [-0.15, -0.1) is 0 Å². The second kappa shape index (κ2) is 8.32. The molecule has 0 spiro atoms. The Labute approximate surface area is 172 Å². The Morgan fingerprint density at radius 2 is 1.72 bits per heavy atom. The maximum Gasteiger partial charge on any atom is 0.417 e. The second-order valence-corrected chi connectivity index (χ2v) is 8.93.